The average Bonchev–Trinajstić information content (AvgIpc) is 3.32. The Kier molecular flexibility index (Phi) is 6.59. The van der Waals surface area contributed by atoms with Gasteiger partial charge in [-0.2, -0.15) is 13.9 Å². The van der Waals surface area contributed by atoms with Gasteiger partial charge in [0.15, 0.2) is 5.65 Å². The molecule has 190 valence electrons. The molecular weight excluding hydrogens is 517 g/mol. The van der Waals surface area contributed by atoms with Crippen molar-refractivity contribution in [2.75, 3.05) is 25.0 Å². The molecule has 5 aromatic rings. The van der Waals surface area contributed by atoms with Crippen molar-refractivity contribution in [2.24, 2.45) is 5.92 Å². The number of rotatable bonds is 6. The molecule has 0 atom stereocenters. The van der Waals surface area contributed by atoms with Crippen molar-refractivity contribution in [3.63, 3.8) is 0 Å². The van der Waals surface area contributed by atoms with Crippen molar-refractivity contribution < 1.29 is 8.42 Å². The van der Waals surface area contributed by atoms with E-state index in [0.29, 0.717) is 52.3 Å². The molecule has 3 heterocycles. The first-order valence-electron chi connectivity index (χ1n) is 12.5. The molecule has 1 fully saturated rings. The third kappa shape index (κ3) is 4.66. The Morgan fingerprint density at radius 2 is 1.71 bits per heavy atom. The fraction of sp³-hybridized carbons (Fsp3) is 0.214. The number of halogens is 1. The van der Waals surface area contributed by atoms with Gasteiger partial charge < -0.3 is 5.32 Å². The first kappa shape index (κ1) is 24.9. The molecule has 0 unspecified atom stereocenters. The molecule has 0 amide bonds. The van der Waals surface area contributed by atoms with Crippen LogP contribution in [0, 0.1) is 5.92 Å². The molecule has 38 heavy (non-hydrogen) atoms. The van der Waals surface area contributed by atoms with Crippen LogP contribution in [-0.4, -0.2) is 54.8 Å². The molecular formula is C28H25BClN5O2S. The number of fused-ring (bicyclic) bond motifs is 2. The van der Waals surface area contributed by atoms with Crippen LogP contribution in [0.25, 0.3) is 27.7 Å². The van der Waals surface area contributed by atoms with Gasteiger partial charge in [-0.25, -0.2) is 13.4 Å². The second-order valence-electron chi connectivity index (χ2n) is 9.58. The zero-order valence-electron chi connectivity index (χ0n) is 20.6. The van der Waals surface area contributed by atoms with Crippen molar-refractivity contribution in [2.45, 2.75) is 17.7 Å². The molecule has 0 bridgehead atoms. The number of aromatic nitrogens is 3. The van der Waals surface area contributed by atoms with Gasteiger partial charge in [-0.15, -0.1) is 0 Å². The number of piperidine rings is 1. The Balaban J connectivity index is 1.16. The summed E-state index contributed by atoms with van der Waals surface area (Å²) in [6, 6.07) is 22.6. The van der Waals surface area contributed by atoms with Crippen LogP contribution in [0.5, 0.6) is 0 Å². The minimum absolute atomic E-state index is 0.304. The molecule has 0 spiro atoms. The molecule has 6 rings (SSSR count). The Labute approximate surface area is 227 Å². The maximum Gasteiger partial charge on any atom is 0.243 e. The van der Waals surface area contributed by atoms with Crippen LogP contribution in [0.2, 0.25) is 5.02 Å². The van der Waals surface area contributed by atoms with E-state index in [1.54, 1.807) is 27.2 Å². The molecule has 10 heteroatoms. The maximum absolute atomic E-state index is 13.3. The van der Waals surface area contributed by atoms with Crippen molar-refractivity contribution in [3.8, 4) is 11.3 Å². The molecule has 1 saturated heterocycles. The normalized spacial score (nSPS) is 15.3. The summed E-state index contributed by atoms with van der Waals surface area (Å²) in [4.78, 5) is 5.03. The molecule has 0 saturated carbocycles. The molecule has 2 radical (unpaired) electrons. The minimum atomic E-state index is -3.55. The summed E-state index contributed by atoms with van der Waals surface area (Å²) in [6.07, 6.45) is 3.10. The number of sulfonamides is 1. The van der Waals surface area contributed by atoms with Gasteiger partial charge >= 0.3 is 0 Å². The summed E-state index contributed by atoms with van der Waals surface area (Å²) in [5.41, 5.74) is 2.55. The van der Waals surface area contributed by atoms with Gasteiger partial charge in [0.1, 0.15) is 13.7 Å². The quantitative estimate of drug-likeness (QED) is 0.320. The van der Waals surface area contributed by atoms with E-state index in [0.717, 1.165) is 35.0 Å². The van der Waals surface area contributed by atoms with E-state index in [-0.39, 0.29) is 0 Å². The van der Waals surface area contributed by atoms with E-state index >= 15 is 0 Å². The minimum Gasteiger partial charge on any atom is -0.370 e. The lowest BCUT2D eigenvalue weighted by molar-refractivity contribution is 0.282. The van der Waals surface area contributed by atoms with Gasteiger partial charge in [-0.05, 0) is 53.2 Å². The highest BCUT2D eigenvalue weighted by atomic mass is 35.5. The lowest BCUT2D eigenvalue weighted by atomic mass is 9.98. The number of nitrogens with one attached hydrogen (secondary N) is 1. The van der Waals surface area contributed by atoms with Gasteiger partial charge in [0, 0.05) is 42.5 Å². The Bertz CT molecular complexity index is 1750. The number of nitrogens with zero attached hydrogens (tertiary/aromatic N) is 4. The summed E-state index contributed by atoms with van der Waals surface area (Å²) in [7, 11) is 2.59. The van der Waals surface area contributed by atoms with Crippen LogP contribution in [0.3, 0.4) is 0 Å². The van der Waals surface area contributed by atoms with E-state index in [4.69, 9.17) is 19.4 Å². The van der Waals surface area contributed by atoms with Gasteiger partial charge in [-0.1, -0.05) is 60.1 Å². The lowest BCUT2D eigenvalue weighted by Gasteiger charge is -2.31. The number of hydrogen-bond acceptors (Lipinski definition) is 5. The summed E-state index contributed by atoms with van der Waals surface area (Å²) in [5.74, 6) is 1.06. The standard InChI is InChI=1S/C28H25BClN5O2S/c29-24-18-32-35-27(16-26(33-28(24)35)23-7-3-4-8-25(23)30)31-17-19-11-13-34(14-12-19)38(36,37)22-10-9-20-5-1-2-6-21(20)15-22/h1-10,15-16,18-19,31H,11-14,17H2. The van der Waals surface area contributed by atoms with Crippen molar-refractivity contribution in [1.82, 2.24) is 18.9 Å². The zero-order valence-corrected chi connectivity index (χ0v) is 22.2. The summed E-state index contributed by atoms with van der Waals surface area (Å²) in [6.45, 7) is 1.63. The van der Waals surface area contributed by atoms with Crippen LogP contribution < -0.4 is 10.8 Å². The maximum atomic E-state index is 13.3. The van der Waals surface area contributed by atoms with E-state index < -0.39 is 10.0 Å². The van der Waals surface area contributed by atoms with Crippen molar-refractivity contribution in [3.05, 3.63) is 84.0 Å². The highest BCUT2D eigenvalue weighted by molar-refractivity contribution is 7.89. The molecule has 0 aliphatic carbocycles. The van der Waals surface area contributed by atoms with Crippen LogP contribution in [0.4, 0.5) is 5.82 Å². The third-order valence-electron chi connectivity index (χ3n) is 7.15. The van der Waals surface area contributed by atoms with Gasteiger partial charge in [0.25, 0.3) is 0 Å². The van der Waals surface area contributed by atoms with Crippen LogP contribution in [-0.2, 0) is 10.0 Å². The molecule has 2 aromatic heterocycles. The Morgan fingerprint density at radius 3 is 2.50 bits per heavy atom. The highest BCUT2D eigenvalue weighted by Crippen LogP contribution is 2.30. The fourth-order valence-corrected chi connectivity index (χ4v) is 6.73. The van der Waals surface area contributed by atoms with E-state index in [1.807, 2.05) is 60.7 Å². The van der Waals surface area contributed by atoms with Crippen LogP contribution >= 0.6 is 11.6 Å². The zero-order chi connectivity index (χ0) is 26.3. The average molecular weight is 542 g/mol. The summed E-state index contributed by atoms with van der Waals surface area (Å²) in [5, 5.41) is 10.4. The number of hydrogen-bond donors (Lipinski definition) is 1. The van der Waals surface area contributed by atoms with E-state index in [2.05, 4.69) is 15.4 Å². The number of benzene rings is 3. The fourth-order valence-electron chi connectivity index (χ4n) is 4.99. The first-order valence-corrected chi connectivity index (χ1v) is 14.3. The summed E-state index contributed by atoms with van der Waals surface area (Å²) >= 11 is 6.43. The smallest absolute Gasteiger partial charge is 0.243 e. The van der Waals surface area contributed by atoms with Crippen molar-refractivity contribution >= 4 is 57.2 Å². The predicted octanol–water partition coefficient (Wildman–Crippen LogP) is 4.51. The van der Waals surface area contributed by atoms with Crippen LogP contribution in [0.15, 0.2) is 83.9 Å². The monoisotopic (exact) mass is 541 g/mol. The number of anilines is 1. The predicted molar refractivity (Wildman–Crippen MR) is 153 cm³/mol. The van der Waals surface area contributed by atoms with Gasteiger partial charge in [-0.3, -0.25) is 0 Å². The molecule has 1 N–H and O–H groups in total. The van der Waals surface area contributed by atoms with Crippen LogP contribution in [0.1, 0.15) is 12.8 Å². The second-order valence-corrected chi connectivity index (χ2v) is 11.9. The molecule has 1 aliphatic rings. The van der Waals surface area contributed by atoms with E-state index in [9.17, 15) is 8.42 Å². The summed E-state index contributed by atoms with van der Waals surface area (Å²) < 4.78 is 30.0. The highest BCUT2D eigenvalue weighted by Gasteiger charge is 2.29. The lowest BCUT2D eigenvalue weighted by Crippen LogP contribution is -2.39. The Morgan fingerprint density at radius 1 is 0.974 bits per heavy atom. The third-order valence-corrected chi connectivity index (χ3v) is 9.38. The van der Waals surface area contributed by atoms with Gasteiger partial charge in [0.05, 0.1) is 10.6 Å². The molecule has 7 nitrogen and oxygen atoms in total. The van der Waals surface area contributed by atoms with E-state index in [1.165, 1.54) is 0 Å². The topological polar surface area (TPSA) is 79.6 Å². The molecule has 1 aliphatic heterocycles. The second kappa shape index (κ2) is 10.1. The first-order chi connectivity index (χ1) is 18.4. The van der Waals surface area contributed by atoms with Crippen molar-refractivity contribution in [1.29, 1.82) is 0 Å². The largest absolute Gasteiger partial charge is 0.370 e. The SMILES string of the molecule is [B]c1cnn2c(NCC3CCN(S(=O)(=O)c4ccc5ccccc5c4)CC3)cc(-c3ccccc3Cl)nc12. The molecule has 3 aromatic carbocycles. The van der Waals surface area contributed by atoms with Gasteiger partial charge in [0.2, 0.25) is 10.0 Å². The Hall–Kier alpha value is -3.40.